The summed E-state index contributed by atoms with van der Waals surface area (Å²) in [5.74, 6) is 0.296. The van der Waals surface area contributed by atoms with Gasteiger partial charge in [0.2, 0.25) is 5.91 Å². The molecule has 2 heterocycles. The van der Waals surface area contributed by atoms with Crippen LogP contribution in [0.3, 0.4) is 0 Å². The number of benzene rings is 2. The molecule has 7 nitrogen and oxygen atoms in total. The molecule has 0 bridgehead atoms. The number of carbonyl (C=O) groups is 3. The Morgan fingerprint density at radius 1 is 1.07 bits per heavy atom. The number of hydrogen-bond donors (Lipinski definition) is 2. The van der Waals surface area contributed by atoms with Gasteiger partial charge in [-0.1, -0.05) is 30.3 Å². The van der Waals surface area contributed by atoms with E-state index in [0.29, 0.717) is 17.2 Å². The number of para-hydroxylation sites is 1. The number of anilines is 1. The van der Waals surface area contributed by atoms with Gasteiger partial charge in [0.1, 0.15) is 18.0 Å². The van der Waals surface area contributed by atoms with Crippen LogP contribution < -0.4 is 15.4 Å². The maximum atomic E-state index is 12.8. The molecule has 3 aromatic rings. The highest BCUT2D eigenvalue weighted by atomic mass is 32.1. The SMILES string of the molecule is CC1(c2cccs2)NC(=O)N(CC(=O)Nc2cccc(Oc3ccccc3)c2)C1=O. The van der Waals surface area contributed by atoms with E-state index in [1.165, 1.54) is 11.3 Å². The van der Waals surface area contributed by atoms with Crippen LogP contribution in [0.1, 0.15) is 11.8 Å². The van der Waals surface area contributed by atoms with E-state index in [1.54, 1.807) is 37.3 Å². The van der Waals surface area contributed by atoms with Crippen LogP contribution in [0.4, 0.5) is 10.5 Å². The average molecular weight is 421 g/mol. The number of nitrogens with one attached hydrogen (secondary N) is 2. The van der Waals surface area contributed by atoms with Crippen LogP contribution in [0, 0.1) is 0 Å². The summed E-state index contributed by atoms with van der Waals surface area (Å²) >= 11 is 1.37. The van der Waals surface area contributed by atoms with Crippen LogP contribution in [0.25, 0.3) is 0 Å². The molecule has 1 aliphatic heterocycles. The fourth-order valence-corrected chi connectivity index (χ4v) is 4.01. The van der Waals surface area contributed by atoms with Crippen LogP contribution in [-0.4, -0.2) is 29.3 Å². The molecule has 30 heavy (non-hydrogen) atoms. The molecule has 0 saturated carbocycles. The highest BCUT2D eigenvalue weighted by molar-refractivity contribution is 7.10. The van der Waals surface area contributed by atoms with Gasteiger partial charge in [-0.15, -0.1) is 11.3 Å². The Morgan fingerprint density at radius 3 is 2.57 bits per heavy atom. The number of nitrogens with zero attached hydrogens (tertiary/aromatic N) is 1. The van der Waals surface area contributed by atoms with Crippen molar-refractivity contribution in [1.82, 2.24) is 10.2 Å². The molecule has 1 saturated heterocycles. The Kier molecular flexibility index (Phi) is 5.24. The molecule has 0 radical (unpaired) electrons. The lowest BCUT2D eigenvalue weighted by molar-refractivity contribution is -0.133. The van der Waals surface area contributed by atoms with Gasteiger partial charge in [0.15, 0.2) is 5.54 Å². The number of carbonyl (C=O) groups excluding carboxylic acids is 3. The first kappa shape index (κ1) is 19.7. The number of amides is 4. The highest BCUT2D eigenvalue weighted by Gasteiger charge is 2.50. The van der Waals surface area contributed by atoms with Crippen molar-refractivity contribution in [1.29, 1.82) is 0 Å². The van der Waals surface area contributed by atoms with Gasteiger partial charge >= 0.3 is 6.03 Å². The Morgan fingerprint density at radius 2 is 1.83 bits per heavy atom. The second kappa shape index (κ2) is 8.00. The van der Waals surface area contributed by atoms with Crippen molar-refractivity contribution in [2.75, 3.05) is 11.9 Å². The monoisotopic (exact) mass is 421 g/mol. The summed E-state index contributed by atoms with van der Waals surface area (Å²) in [7, 11) is 0. The van der Waals surface area contributed by atoms with Crippen molar-refractivity contribution in [2.24, 2.45) is 0 Å². The third-order valence-electron chi connectivity index (χ3n) is 4.69. The number of ether oxygens (including phenoxy) is 1. The van der Waals surface area contributed by atoms with Crippen molar-refractivity contribution in [2.45, 2.75) is 12.5 Å². The van der Waals surface area contributed by atoms with Crippen LogP contribution in [0.5, 0.6) is 11.5 Å². The lowest BCUT2D eigenvalue weighted by Crippen LogP contribution is -2.41. The number of rotatable bonds is 6. The van der Waals surface area contributed by atoms with E-state index in [9.17, 15) is 14.4 Å². The molecule has 2 N–H and O–H groups in total. The summed E-state index contributed by atoms with van der Waals surface area (Å²) < 4.78 is 5.76. The lowest BCUT2D eigenvalue weighted by Gasteiger charge is -2.20. The van der Waals surface area contributed by atoms with Gasteiger partial charge in [0.05, 0.1) is 0 Å². The summed E-state index contributed by atoms with van der Waals surface area (Å²) in [6.45, 7) is 1.26. The standard InChI is InChI=1S/C22H19N3O4S/c1-22(18-11-6-12-30-18)20(27)25(21(28)24-22)14-19(26)23-15-7-5-10-17(13-15)29-16-8-3-2-4-9-16/h2-13H,14H2,1H3,(H,23,26)(H,24,28). The minimum absolute atomic E-state index is 0.380. The van der Waals surface area contributed by atoms with Crippen LogP contribution in [0.15, 0.2) is 72.1 Å². The molecule has 1 fully saturated rings. The van der Waals surface area contributed by atoms with Crippen LogP contribution >= 0.6 is 11.3 Å². The molecule has 1 atom stereocenters. The first-order chi connectivity index (χ1) is 14.5. The van der Waals surface area contributed by atoms with Gasteiger partial charge in [0, 0.05) is 16.6 Å². The van der Waals surface area contributed by atoms with Crippen molar-refractivity contribution < 1.29 is 19.1 Å². The van der Waals surface area contributed by atoms with E-state index in [4.69, 9.17) is 4.74 Å². The second-order valence-corrected chi connectivity index (χ2v) is 7.86. The summed E-state index contributed by atoms with van der Waals surface area (Å²) in [4.78, 5) is 39.3. The zero-order valence-electron chi connectivity index (χ0n) is 16.1. The topological polar surface area (TPSA) is 87.7 Å². The predicted octanol–water partition coefficient (Wildman–Crippen LogP) is 3.95. The third-order valence-corrected chi connectivity index (χ3v) is 5.78. The zero-order chi connectivity index (χ0) is 21.1. The first-order valence-corrected chi connectivity index (χ1v) is 10.1. The summed E-state index contributed by atoms with van der Waals surface area (Å²) in [5, 5.41) is 7.23. The van der Waals surface area contributed by atoms with Gasteiger partial charge in [0.25, 0.3) is 5.91 Å². The highest BCUT2D eigenvalue weighted by Crippen LogP contribution is 2.32. The molecule has 4 rings (SSSR count). The number of thiophene rings is 1. The molecule has 1 aliphatic rings. The van der Waals surface area contributed by atoms with Gasteiger partial charge in [-0.25, -0.2) is 4.79 Å². The predicted molar refractivity (Wildman–Crippen MR) is 114 cm³/mol. The lowest BCUT2D eigenvalue weighted by atomic mass is 10.0. The van der Waals surface area contributed by atoms with Gasteiger partial charge in [-0.2, -0.15) is 0 Å². The summed E-state index contributed by atoms with van der Waals surface area (Å²) in [6, 6.07) is 19.2. The Hall–Kier alpha value is -3.65. The molecule has 152 valence electrons. The fraction of sp³-hybridized carbons (Fsp3) is 0.136. The number of urea groups is 1. The molecule has 0 spiro atoms. The van der Waals surface area contributed by atoms with E-state index >= 15 is 0 Å². The maximum absolute atomic E-state index is 12.8. The molecular weight excluding hydrogens is 402 g/mol. The van der Waals surface area contributed by atoms with Crippen LogP contribution in [-0.2, 0) is 15.1 Å². The van der Waals surface area contributed by atoms with E-state index in [0.717, 1.165) is 9.78 Å². The van der Waals surface area contributed by atoms with Gasteiger partial charge in [-0.3, -0.25) is 14.5 Å². The molecule has 0 aliphatic carbocycles. The smallest absolute Gasteiger partial charge is 0.325 e. The Labute approximate surface area is 177 Å². The normalized spacial score (nSPS) is 18.2. The number of imide groups is 1. The molecule has 1 unspecified atom stereocenters. The van der Waals surface area contributed by atoms with Crippen molar-refractivity contribution in [3.63, 3.8) is 0 Å². The van der Waals surface area contributed by atoms with Crippen molar-refractivity contribution in [3.8, 4) is 11.5 Å². The Balaban J connectivity index is 1.42. The summed E-state index contributed by atoms with van der Waals surface area (Å²) in [6.07, 6.45) is 0. The minimum atomic E-state index is -1.16. The third kappa shape index (κ3) is 3.90. The minimum Gasteiger partial charge on any atom is -0.457 e. The Bertz CT molecular complexity index is 1080. The molecular formula is C22H19N3O4S. The van der Waals surface area contributed by atoms with Crippen LogP contribution in [0.2, 0.25) is 0 Å². The number of hydrogen-bond acceptors (Lipinski definition) is 5. The first-order valence-electron chi connectivity index (χ1n) is 9.26. The second-order valence-electron chi connectivity index (χ2n) is 6.91. The fourth-order valence-electron chi connectivity index (χ4n) is 3.18. The van der Waals surface area contributed by atoms with E-state index in [1.807, 2.05) is 41.8 Å². The zero-order valence-corrected chi connectivity index (χ0v) is 16.9. The van der Waals surface area contributed by atoms with Crippen molar-refractivity contribution >= 4 is 34.9 Å². The summed E-state index contributed by atoms with van der Waals surface area (Å²) in [5.41, 5.74) is -0.656. The van der Waals surface area contributed by atoms with Gasteiger partial charge < -0.3 is 15.4 Å². The largest absolute Gasteiger partial charge is 0.457 e. The average Bonchev–Trinajstić information content (AvgIpc) is 3.34. The van der Waals surface area contributed by atoms with E-state index in [2.05, 4.69) is 10.6 Å². The van der Waals surface area contributed by atoms with Crippen molar-refractivity contribution in [3.05, 3.63) is 77.0 Å². The van der Waals surface area contributed by atoms with E-state index < -0.39 is 23.4 Å². The molecule has 4 amide bonds. The van der Waals surface area contributed by atoms with E-state index in [-0.39, 0.29) is 6.54 Å². The van der Waals surface area contributed by atoms with Gasteiger partial charge in [-0.05, 0) is 42.6 Å². The quantitative estimate of drug-likeness (QED) is 0.590. The molecule has 8 heteroatoms. The molecule has 2 aromatic carbocycles. The molecule has 1 aromatic heterocycles. The maximum Gasteiger partial charge on any atom is 0.325 e.